The third-order valence-electron chi connectivity index (χ3n) is 4.07. The summed E-state index contributed by atoms with van der Waals surface area (Å²) in [6.07, 6.45) is 1.73. The van der Waals surface area contributed by atoms with E-state index in [1.165, 1.54) is 0 Å². The van der Waals surface area contributed by atoms with Crippen molar-refractivity contribution in [3.63, 3.8) is 0 Å². The monoisotopic (exact) mass is 301 g/mol. The average Bonchev–Trinajstić information content (AvgIpc) is 3.31. The second-order valence-corrected chi connectivity index (χ2v) is 5.98. The number of rotatable bonds is 4. The number of carboxylic acids is 1. The van der Waals surface area contributed by atoms with Crippen molar-refractivity contribution in [2.75, 3.05) is 0 Å². The quantitative estimate of drug-likeness (QED) is 0.906. The number of halogens is 1. The molecule has 1 aliphatic rings. The van der Waals surface area contributed by atoms with Crippen molar-refractivity contribution in [3.8, 4) is 11.1 Å². The topological polar surface area (TPSA) is 63.3 Å². The Kier molecular flexibility index (Phi) is 3.47. The van der Waals surface area contributed by atoms with E-state index in [0.29, 0.717) is 10.6 Å². The SMILES string of the molecule is NC(C(=O)O)(c1cccc(-c2cccc(Cl)c2)c1)C1CC1. The fourth-order valence-electron chi connectivity index (χ4n) is 2.70. The predicted molar refractivity (Wildman–Crippen MR) is 83.1 cm³/mol. The van der Waals surface area contributed by atoms with Crippen LogP contribution in [-0.2, 0) is 10.3 Å². The van der Waals surface area contributed by atoms with Gasteiger partial charge in [-0.25, -0.2) is 4.79 Å². The van der Waals surface area contributed by atoms with Gasteiger partial charge in [0.1, 0.15) is 5.54 Å². The molecule has 2 aromatic carbocycles. The van der Waals surface area contributed by atoms with Crippen LogP contribution in [0.25, 0.3) is 11.1 Å². The lowest BCUT2D eigenvalue weighted by molar-refractivity contribution is -0.144. The standard InChI is InChI=1S/C17H16ClNO2/c18-15-6-2-4-12(10-15)11-3-1-5-14(9-11)17(19,16(20)21)13-7-8-13/h1-6,9-10,13H,7-8,19H2,(H,20,21). The van der Waals surface area contributed by atoms with Crippen LogP contribution in [0.5, 0.6) is 0 Å². The Bertz CT molecular complexity index is 697. The van der Waals surface area contributed by atoms with E-state index in [-0.39, 0.29) is 5.92 Å². The summed E-state index contributed by atoms with van der Waals surface area (Å²) < 4.78 is 0. The molecule has 3 rings (SSSR count). The summed E-state index contributed by atoms with van der Waals surface area (Å²) in [6.45, 7) is 0. The van der Waals surface area contributed by atoms with Crippen LogP contribution in [-0.4, -0.2) is 11.1 Å². The molecule has 1 saturated carbocycles. The molecule has 2 aromatic rings. The highest BCUT2D eigenvalue weighted by Crippen LogP contribution is 2.44. The highest BCUT2D eigenvalue weighted by atomic mass is 35.5. The third kappa shape index (κ3) is 2.55. The first-order chi connectivity index (χ1) is 10.0. The number of carbonyl (C=O) groups is 1. The van der Waals surface area contributed by atoms with Gasteiger partial charge >= 0.3 is 5.97 Å². The van der Waals surface area contributed by atoms with Gasteiger partial charge in [-0.1, -0.05) is 41.9 Å². The molecule has 1 unspecified atom stereocenters. The van der Waals surface area contributed by atoms with E-state index in [1.54, 1.807) is 6.07 Å². The first-order valence-corrected chi connectivity index (χ1v) is 7.28. The van der Waals surface area contributed by atoms with E-state index < -0.39 is 11.5 Å². The molecular formula is C17H16ClNO2. The number of carboxylic acid groups (broad SMARTS) is 1. The molecule has 3 N–H and O–H groups in total. The number of hydrogen-bond donors (Lipinski definition) is 2. The number of aliphatic carboxylic acids is 1. The van der Waals surface area contributed by atoms with Crippen LogP contribution in [0.4, 0.5) is 0 Å². The van der Waals surface area contributed by atoms with Crippen molar-refractivity contribution < 1.29 is 9.90 Å². The number of nitrogens with two attached hydrogens (primary N) is 1. The Balaban J connectivity index is 2.06. The van der Waals surface area contributed by atoms with E-state index in [9.17, 15) is 9.90 Å². The molecule has 108 valence electrons. The van der Waals surface area contributed by atoms with Gasteiger partial charge in [0, 0.05) is 5.02 Å². The van der Waals surface area contributed by atoms with Crippen LogP contribution in [0, 0.1) is 5.92 Å². The van der Waals surface area contributed by atoms with Gasteiger partial charge in [0.25, 0.3) is 0 Å². The van der Waals surface area contributed by atoms with Crippen LogP contribution in [0.2, 0.25) is 5.02 Å². The summed E-state index contributed by atoms with van der Waals surface area (Å²) in [5, 5.41) is 10.2. The lowest BCUT2D eigenvalue weighted by Gasteiger charge is -2.25. The Morgan fingerprint density at radius 1 is 1.14 bits per heavy atom. The van der Waals surface area contributed by atoms with E-state index in [0.717, 1.165) is 24.0 Å². The molecule has 1 atom stereocenters. The van der Waals surface area contributed by atoms with Gasteiger partial charge in [0.15, 0.2) is 0 Å². The second kappa shape index (κ2) is 5.17. The van der Waals surface area contributed by atoms with Crippen molar-refractivity contribution in [1.29, 1.82) is 0 Å². The smallest absolute Gasteiger partial charge is 0.328 e. The first-order valence-electron chi connectivity index (χ1n) is 6.90. The normalized spacial score (nSPS) is 17.2. The van der Waals surface area contributed by atoms with E-state index in [2.05, 4.69) is 0 Å². The molecule has 1 aliphatic carbocycles. The van der Waals surface area contributed by atoms with Crippen LogP contribution >= 0.6 is 11.6 Å². The molecule has 0 amide bonds. The van der Waals surface area contributed by atoms with E-state index >= 15 is 0 Å². The van der Waals surface area contributed by atoms with Crippen molar-refractivity contribution in [1.82, 2.24) is 0 Å². The van der Waals surface area contributed by atoms with Crippen LogP contribution in [0.3, 0.4) is 0 Å². The summed E-state index contributed by atoms with van der Waals surface area (Å²) in [5.74, 6) is -0.946. The average molecular weight is 302 g/mol. The highest BCUT2D eigenvalue weighted by Gasteiger charge is 2.49. The molecule has 3 nitrogen and oxygen atoms in total. The zero-order valence-corrected chi connectivity index (χ0v) is 12.2. The summed E-state index contributed by atoms with van der Waals surface area (Å²) in [7, 11) is 0. The summed E-state index contributed by atoms with van der Waals surface area (Å²) in [6, 6.07) is 14.9. The molecule has 0 saturated heterocycles. The molecule has 0 radical (unpaired) electrons. The van der Waals surface area contributed by atoms with Crippen molar-refractivity contribution in [2.45, 2.75) is 18.4 Å². The van der Waals surface area contributed by atoms with Crippen LogP contribution in [0.15, 0.2) is 48.5 Å². The van der Waals surface area contributed by atoms with E-state index in [4.69, 9.17) is 17.3 Å². The van der Waals surface area contributed by atoms with Crippen molar-refractivity contribution in [2.24, 2.45) is 11.7 Å². The lowest BCUT2D eigenvalue weighted by atomic mass is 9.84. The molecule has 0 bridgehead atoms. The maximum absolute atomic E-state index is 11.7. The van der Waals surface area contributed by atoms with Gasteiger partial charge in [-0.15, -0.1) is 0 Å². The molecule has 0 heterocycles. The molecule has 0 spiro atoms. The second-order valence-electron chi connectivity index (χ2n) is 5.54. The first kappa shape index (κ1) is 14.1. The molecule has 0 aliphatic heterocycles. The van der Waals surface area contributed by atoms with Gasteiger partial charge < -0.3 is 10.8 Å². The number of benzene rings is 2. The number of hydrogen-bond acceptors (Lipinski definition) is 2. The Morgan fingerprint density at radius 3 is 2.33 bits per heavy atom. The Labute approximate surface area is 128 Å². The van der Waals surface area contributed by atoms with Gasteiger partial charge in [-0.3, -0.25) is 0 Å². The maximum atomic E-state index is 11.7. The van der Waals surface area contributed by atoms with Crippen molar-refractivity contribution in [3.05, 3.63) is 59.1 Å². The van der Waals surface area contributed by atoms with Crippen molar-refractivity contribution >= 4 is 17.6 Å². The summed E-state index contributed by atoms with van der Waals surface area (Å²) >= 11 is 6.02. The Hall–Kier alpha value is -1.84. The van der Waals surface area contributed by atoms with Gasteiger partial charge in [0.05, 0.1) is 0 Å². The van der Waals surface area contributed by atoms with Gasteiger partial charge in [-0.05, 0) is 53.6 Å². The fraction of sp³-hybridized carbons (Fsp3) is 0.235. The maximum Gasteiger partial charge on any atom is 0.328 e. The zero-order valence-electron chi connectivity index (χ0n) is 11.4. The van der Waals surface area contributed by atoms with Crippen LogP contribution in [0.1, 0.15) is 18.4 Å². The molecular weight excluding hydrogens is 286 g/mol. The van der Waals surface area contributed by atoms with Crippen LogP contribution < -0.4 is 5.73 Å². The Morgan fingerprint density at radius 2 is 1.76 bits per heavy atom. The van der Waals surface area contributed by atoms with Gasteiger partial charge in [-0.2, -0.15) is 0 Å². The lowest BCUT2D eigenvalue weighted by Crippen LogP contribution is -2.47. The highest BCUT2D eigenvalue weighted by molar-refractivity contribution is 6.30. The minimum atomic E-state index is -1.30. The van der Waals surface area contributed by atoms with Gasteiger partial charge in [0.2, 0.25) is 0 Å². The van der Waals surface area contributed by atoms with E-state index in [1.807, 2.05) is 42.5 Å². The molecule has 0 aromatic heterocycles. The molecule has 4 heteroatoms. The molecule has 1 fully saturated rings. The minimum Gasteiger partial charge on any atom is -0.480 e. The minimum absolute atomic E-state index is 0.0182. The summed E-state index contributed by atoms with van der Waals surface area (Å²) in [5.41, 5.74) is 7.44. The third-order valence-corrected chi connectivity index (χ3v) is 4.31. The zero-order chi connectivity index (χ0) is 15.0. The summed E-state index contributed by atoms with van der Waals surface area (Å²) in [4.78, 5) is 11.7. The fourth-order valence-corrected chi connectivity index (χ4v) is 2.89. The predicted octanol–water partition coefficient (Wildman–Crippen LogP) is 3.66. The largest absolute Gasteiger partial charge is 0.480 e. The molecule has 21 heavy (non-hydrogen) atoms.